The minimum atomic E-state index is -4.85. The van der Waals surface area contributed by atoms with Crippen molar-refractivity contribution in [1.29, 1.82) is 0 Å². The molecule has 2 unspecified atom stereocenters. The number of rotatable bonds is 4. The molecule has 11 heteroatoms. The molecule has 0 aliphatic carbocycles. The van der Waals surface area contributed by atoms with E-state index < -0.39 is 28.4 Å². The normalized spacial score (nSPS) is 20.6. The molecule has 0 bridgehead atoms. The number of nitro benzene ring substituents is 1. The van der Waals surface area contributed by atoms with Gasteiger partial charge in [-0.1, -0.05) is 5.16 Å². The van der Waals surface area contributed by atoms with Crippen LogP contribution in [0.3, 0.4) is 0 Å². The maximum Gasteiger partial charge on any atom is 0.423 e. The number of benzene rings is 1. The van der Waals surface area contributed by atoms with Crippen molar-refractivity contribution in [2.24, 2.45) is 0 Å². The fourth-order valence-corrected chi connectivity index (χ4v) is 3.03. The van der Waals surface area contributed by atoms with Gasteiger partial charge in [-0.25, -0.2) is 0 Å². The monoisotopic (exact) mass is 372 g/mol. The zero-order valence-electron chi connectivity index (χ0n) is 13.9. The molecule has 2 aromatic rings. The van der Waals surface area contributed by atoms with Gasteiger partial charge in [-0.2, -0.15) is 18.2 Å². The molecule has 0 spiro atoms. The van der Waals surface area contributed by atoms with Crippen LogP contribution in [0.15, 0.2) is 22.7 Å². The molecule has 0 saturated carbocycles. The predicted molar refractivity (Wildman–Crippen MR) is 82.6 cm³/mol. The molecule has 0 N–H and O–H groups in total. The van der Waals surface area contributed by atoms with Crippen molar-refractivity contribution < 1.29 is 27.4 Å². The number of ether oxygens (including phenoxy) is 1. The Hall–Kier alpha value is -2.69. The Morgan fingerprint density at radius 2 is 2.15 bits per heavy atom. The number of halogens is 3. The van der Waals surface area contributed by atoms with Gasteiger partial charge < -0.3 is 14.2 Å². The molecule has 1 aliphatic heterocycles. The van der Waals surface area contributed by atoms with Gasteiger partial charge in [-0.05, 0) is 19.1 Å². The quantitative estimate of drug-likeness (QED) is 0.600. The number of hydrogen-bond donors (Lipinski definition) is 0. The first kappa shape index (κ1) is 18.1. The second-order valence-corrected chi connectivity index (χ2v) is 5.90. The van der Waals surface area contributed by atoms with Crippen molar-refractivity contribution in [2.45, 2.75) is 31.7 Å². The molecular formula is C15H15F3N4O4. The number of methoxy groups -OCH3 is 1. The summed E-state index contributed by atoms with van der Waals surface area (Å²) in [7, 11) is 1.50. The van der Waals surface area contributed by atoms with E-state index in [2.05, 4.69) is 10.1 Å². The molecule has 26 heavy (non-hydrogen) atoms. The predicted octanol–water partition coefficient (Wildman–Crippen LogP) is 3.27. The number of aromatic nitrogens is 2. The maximum atomic E-state index is 13.3. The number of nitrogens with zero attached hydrogens (tertiary/aromatic N) is 4. The third-order valence-electron chi connectivity index (χ3n) is 4.24. The third-order valence-corrected chi connectivity index (χ3v) is 4.24. The van der Waals surface area contributed by atoms with Gasteiger partial charge in [-0.3, -0.25) is 10.1 Å². The van der Waals surface area contributed by atoms with Crippen molar-refractivity contribution in [3.63, 3.8) is 0 Å². The summed E-state index contributed by atoms with van der Waals surface area (Å²) in [6, 6.07) is 2.42. The molecule has 2 heterocycles. The minimum absolute atomic E-state index is 0.170. The van der Waals surface area contributed by atoms with E-state index in [1.54, 1.807) is 11.8 Å². The van der Waals surface area contributed by atoms with Crippen LogP contribution in [-0.2, 0) is 10.9 Å². The highest BCUT2D eigenvalue weighted by atomic mass is 19.4. The van der Waals surface area contributed by atoms with E-state index in [0.29, 0.717) is 12.2 Å². The second-order valence-electron chi connectivity index (χ2n) is 5.90. The summed E-state index contributed by atoms with van der Waals surface area (Å²) in [6.45, 7) is 1.92. The fourth-order valence-electron chi connectivity index (χ4n) is 3.03. The summed E-state index contributed by atoms with van der Waals surface area (Å²) in [6.07, 6.45) is -4.66. The summed E-state index contributed by atoms with van der Waals surface area (Å²) in [5, 5.41) is 14.6. The smallest absolute Gasteiger partial charge is 0.380 e. The number of anilines is 1. The Bertz CT molecular complexity index is 823. The van der Waals surface area contributed by atoms with Gasteiger partial charge in [0.25, 0.3) is 5.69 Å². The standard InChI is InChI=1S/C15H15F3N4O4/c1-8-19-14(26-20-8)13-6-10(25-2)7-21(13)9-3-4-12(22(23)24)11(5-9)15(16,17)18/h3-5,10,13H,6-7H2,1-2H3. The van der Waals surface area contributed by atoms with E-state index in [1.165, 1.54) is 13.2 Å². The highest BCUT2D eigenvalue weighted by Gasteiger charge is 2.41. The van der Waals surface area contributed by atoms with Crippen molar-refractivity contribution in [2.75, 3.05) is 18.6 Å². The van der Waals surface area contributed by atoms with E-state index >= 15 is 0 Å². The summed E-state index contributed by atoms with van der Waals surface area (Å²) in [5.41, 5.74) is -2.13. The molecule has 140 valence electrons. The molecule has 1 aliphatic rings. The van der Waals surface area contributed by atoms with E-state index in [4.69, 9.17) is 9.26 Å². The van der Waals surface area contributed by atoms with E-state index in [1.807, 2.05) is 0 Å². The molecule has 1 saturated heterocycles. The lowest BCUT2D eigenvalue weighted by Gasteiger charge is -2.24. The van der Waals surface area contributed by atoms with E-state index in [-0.39, 0.29) is 24.2 Å². The summed E-state index contributed by atoms with van der Waals surface area (Å²) in [4.78, 5) is 15.7. The van der Waals surface area contributed by atoms with Crippen LogP contribution in [0.25, 0.3) is 0 Å². The van der Waals surface area contributed by atoms with E-state index in [9.17, 15) is 23.3 Å². The molecular weight excluding hydrogens is 357 g/mol. The van der Waals surface area contributed by atoms with Crippen LogP contribution in [0.4, 0.5) is 24.5 Å². The molecule has 3 rings (SSSR count). The average molecular weight is 372 g/mol. The lowest BCUT2D eigenvalue weighted by atomic mass is 10.1. The van der Waals surface area contributed by atoms with Crippen LogP contribution in [0.1, 0.15) is 29.7 Å². The Labute approximate surface area is 145 Å². The average Bonchev–Trinajstić information content (AvgIpc) is 3.19. The van der Waals surface area contributed by atoms with Crippen molar-refractivity contribution >= 4 is 11.4 Å². The summed E-state index contributed by atoms with van der Waals surface area (Å²) < 4.78 is 50.2. The molecule has 1 aromatic carbocycles. The van der Waals surface area contributed by atoms with Crippen molar-refractivity contribution in [3.05, 3.63) is 45.6 Å². The summed E-state index contributed by atoms with van der Waals surface area (Å²) >= 11 is 0. The Morgan fingerprint density at radius 3 is 2.69 bits per heavy atom. The first-order chi connectivity index (χ1) is 12.2. The topological polar surface area (TPSA) is 94.5 Å². The number of nitro groups is 1. The van der Waals surface area contributed by atoms with Gasteiger partial charge in [0.2, 0.25) is 5.89 Å². The molecule has 1 fully saturated rings. The lowest BCUT2D eigenvalue weighted by molar-refractivity contribution is -0.388. The fraction of sp³-hybridized carbons (Fsp3) is 0.467. The van der Waals surface area contributed by atoms with Crippen LogP contribution in [-0.4, -0.2) is 34.8 Å². The largest absolute Gasteiger partial charge is 0.423 e. The maximum absolute atomic E-state index is 13.3. The van der Waals surface area contributed by atoms with Crippen LogP contribution in [0, 0.1) is 17.0 Å². The number of aryl methyl sites for hydroxylation is 1. The SMILES string of the molecule is COC1CC(c2nc(C)no2)N(c2ccc([N+](=O)[O-])c(C(F)(F)F)c2)C1. The molecule has 0 radical (unpaired) electrons. The van der Waals surface area contributed by atoms with Gasteiger partial charge in [0.05, 0.1) is 11.0 Å². The van der Waals surface area contributed by atoms with Gasteiger partial charge in [-0.15, -0.1) is 0 Å². The highest BCUT2D eigenvalue weighted by Crippen LogP contribution is 2.42. The second kappa shape index (κ2) is 6.56. The molecule has 8 nitrogen and oxygen atoms in total. The molecule has 2 atom stereocenters. The van der Waals surface area contributed by atoms with Crippen LogP contribution in [0.5, 0.6) is 0 Å². The van der Waals surface area contributed by atoms with Crippen LogP contribution < -0.4 is 4.90 Å². The zero-order valence-corrected chi connectivity index (χ0v) is 13.9. The first-order valence-electron chi connectivity index (χ1n) is 7.66. The summed E-state index contributed by atoms with van der Waals surface area (Å²) in [5.74, 6) is 0.662. The lowest BCUT2D eigenvalue weighted by Crippen LogP contribution is -2.25. The van der Waals surface area contributed by atoms with Crippen molar-refractivity contribution in [1.82, 2.24) is 10.1 Å². The van der Waals surface area contributed by atoms with Crippen molar-refractivity contribution in [3.8, 4) is 0 Å². The van der Waals surface area contributed by atoms with Gasteiger partial charge in [0, 0.05) is 31.8 Å². The Kier molecular flexibility index (Phi) is 4.57. The van der Waals surface area contributed by atoms with E-state index in [0.717, 1.165) is 12.1 Å². The Morgan fingerprint density at radius 1 is 1.42 bits per heavy atom. The van der Waals surface area contributed by atoms with Gasteiger partial charge >= 0.3 is 6.18 Å². The highest BCUT2D eigenvalue weighted by molar-refractivity contribution is 5.58. The zero-order chi connectivity index (χ0) is 19.1. The Balaban J connectivity index is 2.04. The number of hydrogen-bond acceptors (Lipinski definition) is 7. The number of alkyl halides is 3. The van der Waals surface area contributed by atoms with Crippen LogP contribution >= 0.6 is 0 Å². The third kappa shape index (κ3) is 3.34. The van der Waals surface area contributed by atoms with Gasteiger partial charge in [0.1, 0.15) is 11.6 Å². The molecule has 0 amide bonds. The minimum Gasteiger partial charge on any atom is -0.380 e. The van der Waals surface area contributed by atoms with Gasteiger partial charge in [0.15, 0.2) is 5.82 Å². The van der Waals surface area contributed by atoms with Crippen LogP contribution in [0.2, 0.25) is 0 Å². The first-order valence-corrected chi connectivity index (χ1v) is 7.66. The molecule has 1 aromatic heterocycles.